The highest BCUT2D eigenvalue weighted by molar-refractivity contribution is 5.06. The molecule has 0 amide bonds. The summed E-state index contributed by atoms with van der Waals surface area (Å²) in [6.07, 6.45) is 13.0. The number of allylic oxidation sites excluding steroid dienone is 1. The lowest BCUT2D eigenvalue weighted by Gasteiger charge is -2.43. The van der Waals surface area contributed by atoms with Gasteiger partial charge in [-0.15, -0.1) is 6.58 Å². The van der Waals surface area contributed by atoms with Gasteiger partial charge in [-0.25, -0.2) is 0 Å². The first-order valence-corrected chi connectivity index (χ1v) is 8.13. The van der Waals surface area contributed by atoms with Crippen LogP contribution in [0, 0.1) is 5.41 Å². The smallest absolute Gasteiger partial charge is 0.0639 e. The van der Waals surface area contributed by atoms with E-state index >= 15 is 0 Å². The van der Waals surface area contributed by atoms with Gasteiger partial charge < -0.3 is 4.74 Å². The number of aromatic nitrogens is 2. The molecular formula is C17H27N3O. The molecule has 0 bridgehead atoms. The summed E-state index contributed by atoms with van der Waals surface area (Å²) in [4.78, 5) is 2.59. The van der Waals surface area contributed by atoms with E-state index in [2.05, 4.69) is 22.8 Å². The second-order valence-electron chi connectivity index (χ2n) is 6.65. The predicted octanol–water partition coefficient (Wildman–Crippen LogP) is 2.85. The third-order valence-corrected chi connectivity index (χ3v) is 5.21. The van der Waals surface area contributed by atoms with E-state index in [0.717, 1.165) is 13.1 Å². The molecule has 0 N–H and O–H groups in total. The molecular weight excluding hydrogens is 262 g/mol. The van der Waals surface area contributed by atoms with Crippen LogP contribution in [0.2, 0.25) is 0 Å². The number of rotatable bonds is 5. The van der Waals surface area contributed by atoms with E-state index in [9.17, 15) is 0 Å². The topological polar surface area (TPSA) is 30.3 Å². The first-order chi connectivity index (χ1) is 10.3. The number of hydrogen-bond acceptors (Lipinski definition) is 3. The van der Waals surface area contributed by atoms with Gasteiger partial charge in [-0.1, -0.05) is 12.5 Å². The molecule has 2 heterocycles. The molecule has 3 rings (SSSR count). The minimum absolute atomic E-state index is 0.407. The van der Waals surface area contributed by atoms with Gasteiger partial charge in [0.05, 0.1) is 18.8 Å². The van der Waals surface area contributed by atoms with Crippen LogP contribution in [0.4, 0.5) is 0 Å². The van der Waals surface area contributed by atoms with E-state index in [-0.39, 0.29) is 0 Å². The first-order valence-electron chi connectivity index (χ1n) is 8.13. The molecule has 2 atom stereocenters. The minimum Gasteiger partial charge on any atom is -0.381 e. The zero-order valence-corrected chi connectivity index (χ0v) is 13.1. The molecule has 1 aromatic heterocycles. The molecule has 1 aromatic rings. The van der Waals surface area contributed by atoms with Crippen LogP contribution in [0.25, 0.3) is 0 Å². The molecule has 1 saturated heterocycles. The fourth-order valence-electron chi connectivity index (χ4n) is 4.31. The highest BCUT2D eigenvalue weighted by Crippen LogP contribution is 2.46. The molecule has 4 nitrogen and oxygen atoms in total. The minimum atomic E-state index is 0.407. The lowest BCUT2D eigenvalue weighted by molar-refractivity contribution is -0.0366. The third kappa shape index (κ3) is 3.06. The van der Waals surface area contributed by atoms with Gasteiger partial charge in [0.15, 0.2) is 0 Å². The van der Waals surface area contributed by atoms with Gasteiger partial charge in [0.2, 0.25) is 0 Å². The fourth-order valence-corrected chi connectivity index (χ4v) is 4.31. The van der Waals surface area contributed by atoms with Gasteiger partial charge in [-0.05, 0) is 32.2 Å². The Morgan fingerprint density at radius 2 is 2.33 bits per heavy atom. The Balaban J connectivity index is 1.64. The standard InChI is InChI=1S/C17H27N3O/c1-3-9-20-13-15(11-18-20)12-19-10-5-8-17(14-19)7-4-6-16(17)21-2/h3,11,13,16H,1,4-10,12,14H2,2H3/t16-,17+/m1/s1. The van der Waals surface area contributed by atoms with Crippen molar-refractivity contribution in [3.8, 4) is 0 Å². The van der Waals surface area contributed by atoms with Gasteiger partial charge in [0.1, 0.15) is 0 Å². The highest BCUT2D eigenvalue weighted by Gasteiger charge is 2.45. The van der Waals surface area contributed by atoms with Crippen LogP contribution >= 0.6 is 0 Å². The molecule has 0 unspecified atom stereocenters. The summed E-state index contributed by atoms with van der Waals surface area (Å²) in [5.74, 6) is 0. The Morgan fingerprint density at radius 3 is 3.14 bits per heavy atom. The molecule has 0 radical (unpaired) electrons. The SMILES string of the molecule is C=CCn1cc(CN2CCC[C@@]3(CCC[C@H]3OC)C2)cn1. The van der Waals surface area contributed by atoms with E-state index in [1.165, 1.54) is 50.8 Å². The van der Waals surface area contributed by atoms with E-state index in [1.54, 1.807) is 0 Å². The Bertz CT molecular complexity index is 484. The zero-order chi connectivity index (χ0) is 14.7. The van der Waals surface area contributed by atoms with E-state index in [4.69, 9.17) is 4.74 Å². The van der Waals surface area contributed by atoms with E-state index in [1.807, 2.05) is 24.1 Å². The molecule has 21 heavy (non-hydrogen) atoms. The normalized spacial score (nSPS) is 30.0. The molecule has 4 heteroatoms. The molecule has 2 aliphatic rings. The lowest BCUT2D eigenvalue weighted by Crippen LogP contribution is -2.47. The van der Waals surface area contributed by atoms with Gasteiger partial charge in [-0.2, -0.15) is 5.10 Å². The largest absolute Gasteiger partial charge is 0.381 e. The summed E-state index contributed by atoms with van der Waals surface area (Å²) in [7, 11) is 1.88. The van der Waals surface area contributed by atoms with Crippen LogP contribution in [0.15, 0.2) is 25.0 Å². The summed E-state index contributed by atoms with van der Waals surface area (Å²) in [6, 6.07) is 0. The van der Waals surface area contributed by atoms with Crippen molar-refractivity contribution < 1.29 is 4.74 Å². The Kier molecular flexibility index (Phi) is 4.45. The molecule has 1 saturated carbocycles. The fraction of sp³-hybridized carbons (Fsp3) is 0.706. The molecule has 116 valence electrons. The number of likely N-dealkylation sites (tertiary alicyclic amines) is 1. The van der Waals surface area contributed by atoms with Crippen molar-refractivity contribution in [2.45, 2.75) is 51.3 Å². The van der Waals surface area contributed by atoms with Crippen LogP contribution < -0.4 is 0 Å². The molecule has 0 aromatic carbocycles. The molecule has 1 aliphatic heterocycles. The average Bonchev–Trinajstić information content (AvgIpc) is 3.07. The van der Waals surface area contributed by atoms with Gasteiger partial charge in [0.25, 0.3) is 0 Å². The van der Waals surface area contributed by atoms with E-state index in [0.29, 0.717) is 11.5 Å². The maximum atomic E-state index is 5.78. The average molecular weight is 289 g/mol. The summed E-state index contributed by atoms with van der Waals surface area (Å²) in [5.41, 5.74) is 1.71. The molecule has 2 fully saturated rings. The summed E-state index contributed by atoms with van der Waals surface area (Å²) in [6.45, 7) is 7.94. The van der Waals surface area contributed by atoms with Crippen LogP contribution in [0.3, 0.4) is 0 Å². The predicted molar refractivity (Wildman–Crippen MR) is 84.0 cm³/mol. The monoisotopic (exact) mass is 289 g/mol. The van der Waals surface area contributed by atoms with Crippen molar-refractivity contribution in [2.24, 2.45) is 5.41 Å². The number of piperidine rings is 1. The van der Waals surface area contributed by atoms with Gasteiger partial charge >= 0.3 is 0 Å². The van der Waals surface area contributed by atoms with Crippen LogP contribution in [-0.2, 0) is 17.8 Å². The third-order valence-electron chi connectivity index (χ3n) is 5.21. The van der Waals surface area contributed by atoms with Gasteiger partial charge in [0, 0.05) is 37.4 Å². The second kappa shape index (κ2) is 6.32. The first kappa shape index (κ1) is 14.8. The second-order valence-corrected chi connectivity index (χ2v) is 6.65. The van der Waals surface area contributed by atoms with Crippen molar-refractivity contribution >= 4 is 0 Å². The van der Waals surface area contributed by atoms with E-state index < -0.39 is 0 Å². The number of methoxy groups -OCH3 is 1. The van der Waals surface area contributed by atoms with Crippen LogP contribution in [0.1, 0.15) is 37.7 Å². The summed E-state index contributed by atoms with van der Waals surface area (Å²) < 4.78 is 7.74. The Hall–Kier alpha value is -1.13. The van der Waals surface area contributed by atoms with Crippen molar-refractivity contribution in [3.05, 3.63) is 30.6 Å². The maximum absolute atomic E-state index is 5.78. The Morgan fingerprint density at radius 1 is 1.48 bits per heavy atom. The van der Waals surface area contributed by atoms with Crippen LogP contribution in [0.5, 0.6) is 0 Å². The lowest BCUT2D eigenvalue weighted by atomic mass is 9.76. The number of hydrogen-bond donors (Lipinski definition) is 0. The van der Waals surface area contributed by atoms with Crippen molar-refractivity contribution in [3.63, 3.8) is 0 Å². The van der Waals surface area contributed by atoms with Crippen molar-refractivity contribution in [2.75, 3.05) is 20.2 Å². The van der Waals surface area contributed by atoms with Crippen molar-refractivity contribution in [1.82, 2.24) is 14.7 Å². The highest BCUT2D eigenvalue weighted by atomic mass is 16.5. The summed E-state index contributed by atoms with van der Waals surface area (Å²) in [5, 5.41) is 4.39. The number of nitrogens with zero attached hydrogens (tertiary/aromatic N) is 3. The van der Waals surface area contributed by atoms with Crippen LogP contribution in [-0.4, -0.2) is 41.0 Å². The van der Waals surface area contributed by atoms with Gasteiger partial charge in [-0.3, -0.25) is 9.58 Å². The number of ether oxygens (including phenoxy) is 1. The zero-order valence-electron chi connectivity index (χ0n) is 13.1. The molecule has 1 aliphatic carbocycles. The quantitative estimate of drug-likeness (QED) is 0.781. The van der Waals surface area contributed by atoms with Crippen molar-refractivity contribution in [1.29, 1.82) is 0 Å². The maximum Gasteiger partial charge on any atom is 0.0639 e. The Labute approximate surface area is 127 Å². The molecule has 1 spiro atoms. The summed E-state index contributed by atoms with van der Waals surface area (Å²) >= 11 is 0.